The maximum absolute atomic E-state index is 11.6. The van der Waals surface area contributed by atoms with Gasteiger partial charge in [-0.25, -0.2) is 0 Å². The van der Waals surface area contributed by atoms with E-state index in [0.29, 0.717) is 5.56 Å². The van der Waals surface area contributed by atoms with E-state index in [-0.39, 0.29) is 18.4 Å². The molecule has 0 aliphatic heterocycles. The molecule has 1 aromatic carbocycles. The van der Waals surface area contributed by atoms with Gasteiger partial charge in [0.1, 0.15) is 0 Å². The van der Waals surface area contributed by atoms with Gasteiger partial charge in [-0.3, -0.25) is 9.59 Å². The number of amides is 2. The Labute approximate surface area is 108 Å². The molecular formula is C11H13IN2O2. The van der Waals surface area contributed by atoms with Crippen molar-refractivity contribution in [2.45, 2.75) is 4.43 Å². The Bertz CT molecular complexity index is 393. The van der Waals surface area contributed by atoms with Crippen molar-refractivity contribution >= 4 is 34.4 Å². The molecule has 0 aliphatic carbocycles. The molecule has 0 spiro atoms. The van der Waals surface area contributed by atoms with Crippen molar-refractivity contribution in [1.82, 2.24) is 10.6 Å². The minimum Gasteiger partial charge on any atom is -0.358 e. The van der Waals surface area contributed by atoms with E-state index >= 15 is 0 Å². The molecule has 0 aliphatic rings. The molecule has 4 nitrogen and oxygen atoms in total. The van der Waals surface area contributed by atoms with Crippen molar-refractivity contribution in [3.8, 4) is 0 Å². The Kier molecular flexibility index (Phi) is 5.24. The molecule has 86 valence electrons. The Balaban J connectivity index is 2.62. The predicted octanol–water partition coefficient (Wildman–Crippen LogP) is 1.10. The summed E-state index contributed by atoms with van der Waals surface area (Å²) in [5.41, 5.74) is 1.67. The Hall–Kier alpha value is -1.11. The van der Waals surface area contributed by atoms with E-state index in [4.69, 9.17) is 0 Å². The summed E-state index contributed by atoms with van der Waals surface area (Å²) in [5.74, 6) is -0.436. The van der Waals surface area contributed by atoms with Crippen LogP contribution < -0.4 is 10.6 Å². The Morgan fingerprint density at radius 1 is 1.38 bits per heavy atom. The van der Waals surface area contributed by atoms with Gasteiger partial charge in [0.25, 0.3) is 5.91 Å². The molecule has 0 radical (unpaired) electrons. The van der Waals surface area contributed by atoms with Crippen LogP contribution in [0, 0.1) is 0 Å². The van der Waals surface area contributed by atoms with Crippen LogP contribution in [-0.2, 0) is 9.22 Å². The molecule has 1 aromatic rings. The average molecular weight is 332 g/mol. The fourth-order valence-electron chi connectivity index (χ4n) is 1.15. The number of halogens is 1. The quantitative estimate of drug-likeness (QED) is 0.641. The van der Waals surface area contributed by atoms with Gasteiger partial charge in [-0.15, -0.1) is 0 Å². The second-order valence-electron chi connectivity index (χ2n) is 3.19. The summed E-state index contributed by atoms with van der Waals surface area (Å²) in [4.78, 5) is 22.6. The predicted molar refractivity (Wildman–Crippen MR) is 70.6 cm³/mol. The van der Waals surface area contributed by atoms with Gasteiger partial charge in [0, 0.05) is 17.0 Å². The lowest BCUT2D eigenvalue weighted by molar-refractivity contribution is -0.119. The van der Waals surface area contributed by atoms with Crippen LogP contribution in [0.5, 0.6) is 0 Å². The first-order valence-electron chi connectivity index (χ1n) is 4.81. The fraction of sp³-hybridized carbons (Fsp3) is 0.273. The fourth-order valence-corrected chi connectivity index (χ4v) is 1.62. The number of hydrogen-bond acceptors (Lipinski definition) is 2. The molecule has 0 bridgehead atoms. The summed E-state index contributed by atoms with van der Waals surface area (Å²) in [7, 11) is 1.53. The molecule has 16 heavy (non-hydrogen) atoms. The van der Waals surface area contributed by atoms with E-state index in [1.165, 1.54) is 7.05 Å². The maximum Gasteiger partial charge on any atom is 0.251 e. The van der Waals surface area contributed by atoms with Crippen LogP contribution in [0.2, 0.25) is 0 Å². The van der Waals surface area contributed by atoms with Crippen LogP contribution in [-0.4, -0.2) is 25.4 Å². The zero-order chi connectivity index (χ0) is 12.0. The largest absolute Gasteiger partial charge is 0.358 e. The van der Waals surface area contributed by atoms with Gasteiger partial charge in [0.15, 0.2) is 0 Å². The lowest BCUT2D eigenvalue weighted by Gasteiger charge is -2.05. The van der Waals surface area contributed by atoms with Crippen LogP contribution >= 0.6 is 22.6 Å². The first-order chi connectivity index (χ1) is 7.67. The number of nitrogens with one attached hydrogen (secondary N) is 2. The number of benzene rings is 1. The number of alkyl halides is 1. The van der Waals surface area contributed by atoms with Crippen LogP contribution in [0.4, 0.5) is 0 Å². The molecular weight excluding hydrogens is 319 g/mol. The van der Waals surface area contributed by atoms with E-state index in [1.54, 1.807) is 6.07 Å². The third kappa shape index (κ3) is 3.80. The van der Waals surface area contributed by atoms with E-state index in [0.717, 1.165) is 9.99 Å². The highest BCUT2D eigenvalue weighted by Gasteiger charge is 2.07. The zero-order valence-electron chi connectivity index (χ0n) is 8.92. The van der Waals surface area contributed by atoms with Crippen molar-refractivity contribution in [3.05, 3.63) is 35.4 Å². The highest BCUT2D eigenvalue weighted by molar-refractivity contribution is 14.1. The standard InChI is InChI=1S/C11H13IN2O2/c1-13-10(15)7-14-11(16)9-4-2-3-8(5-9)6-12/h2-5H,6-7H2,1H3,(H,13,15)(H,14,16). The Morgan fingerprint density at radius 3 is 2.75 bits per heavy atom. The van der Waals surface area contributed by atoms with Crippen LogP contribution in [0.1, 0.15) is 15.9 Å². The van der Waals surface area contributed by atoms with Crippen molar-refractivity contribution < 1.29 is 9.59 Å². The number of likely N-dealkylation sites (N-methyl/N-ethyl adjacent to an activating group) is 1. The van der Waals surface area contributed by atoms with Crippen LogP contribution in [0.3, 0.4) is 0 Å². The SMILES string of the molecule is CNC(=O)CNC(=O)c1cccc(CI)c1. The molecule has 0 fully saturated rings. The van der Waals surface area contributed by atoms with Gasteiger partial charge in [0.2, 0.25) is 5.91 Å². The first-order valence-corrected chi connectivity index (χ1v) is 6.33. The molecule has 0 heterocycles. The second-order valence-corrected chi connectivity index (χ2v) is 3.95. The highest BCUT2D eigenvalue weighted by atomic mass is 127. The number of carbonyl (C=O) groups is 2. The summed E-state index contributed by atoms with van der Waals surface area (Å²) >= 11 is 2.24. The smallest absolute Gasteiger partial charge is 0.251 e. The Morgan fingerprint density at radius 2 is 2.12 bits per heavy atom. The molecule has 0 aromatic heterocycles. The first kappa shape index (κ1) is 13.0. The van der Waals surface area contributed by atoms with Gasteiger partial charge in [-0.05, 0) is 17.7 Å². The number of rotatable bonds is 4. The van der Waals surface area contributed by atoms with Gasteiger partial charge in [0.05, 0.1) is 6.54 Å². The third-order valence-corrected chi connectivity index (χ3v) is 2.91. The van der Waals surface area contributed by atoms with Crippen LogP contribution in [0.15, 0.2) is 24.3 Å². The normalized spacial score (nSPS) is 9.62. The topological polar surface area (TPSA) is 58.2 Å². The second kappa shape index (κ2) is 6.47. The van der Waals surface area contributed by atoms with Gasteiger partial charge < -0.3 is 10.6 Å². The van der Waals surface area contributed by atoms with Gasteiger partial charge in [-0.2, -0.15) is 0 Å². The number of carbonyl (C=O) groups excluding carboxylic acids is 2. The highest BCUT2D eigenvalue weighted by Crippen LogP contribution is 2.08. The van der Waals surface area contributed by atoms with Gasteiger partial charge >= 0.3 is 0 Å². The summed E-state index contributed by atoms with van der Waals surface area (Å²) < 4.78 is 0.855. The summed E-state index contributed by atoms with van der Waals surface area (Å²) in [5, 5.41) is 4.99. The third-order valence-electron chi connectivity index (χ3n) is 2.03. The molecule has 0 saturated carbocycles. The van der Waals surface area contributed by atoms with Crippen molar-refractivity contribution in [1.29, 1.82) is 0 Å². The summed E-state index contributed by atoms with van der Waals surface area (Å²) in [6.07, 6.45) is 0. The molecule has 0 atom stereocenters. The lowest BCUT2D eigenvalue weighted by Crippen LogP contribution is -2.35. The summed E-state index contributed by atoms with van der Waals surface area (Å²) in [6.45, 7) is 0.00377. The van der Waals surface area contributed by atoms with Crippen molar-refractivity contribution in [2.75, 3.05) is 13.6 Å². The molecule has 5 heteroatoms. The van der Waals surface area contributed by atoms with E-state index in [1.807, 2.05) is 18.2 Å². The number of hydrogen-bond donors (Lipinski definition) is 2. The molecule has 2 amide bonds. The monoisotopic (exact) mass is 332 g/mol. The van der Waals surface area contributed by atoms with E-state index in [2.05, 4.69) is 33.2 Å². The van der Waals surface area contributed by atoms with Crippen LogP contribution in [0.25, 0.3) is 0 Å². The summed E-state index contributed by atoms with van der Waals surface area (Å²) in [6, 6.07) is 7.35. The zero-order valence-corrected chi connectivity index (χ0v) is 11.1. The minimum absolute atomic E-state index is 0.00377. The van der Waals surface area contributed by atoms with Crippen molar-refractivity contribution in [3.63, 3.8) is 0 Å². The molecule has 0 unspecified atom stereocenters. The minimum atomic E-state index is -0.227. The van der Waals surface area contributed by atoms with E-state index in [9.17, 15) is 9.59 Å². The molecule has 1 rings (SSSR count). The maximum atomic E-state index is 11.6. The average Bonchev–Trinajstić information content (AvgIpc) is 2.35. The molecule has 0 saturated heterocycles. The lowest BCUT2D eigenvalue weighted by atomic mass is 10.1. The van der Waals surface area contributed by atoms with E-state index < -0.39 is 0 Å². The van der Waals surface area contributed by atoms with Crippen molar-refractivity contribution in [2.24, 2.45) is 0 Å². The molecule has 2 N–H and O–H groups in total. The van der Waals surface area contributed by atoms with Gasteiger partial charge in [-0.1, -0.05) is 34.7 Å².